The van der Waals surface area contributed by atoms with Crippen LogP contribution in [0.3, 0.4) is 0 Å². The summed E-state index contributed by atoms with van der Waals surface area (Å²) in [4.78, 5) is 21.0. The number of likely N-dealkylation sites (N-methyl/N-ethyl adjacent to an activating group) is 1. The number of nitrogens with zero attached hydrogens (tertiary/aromatic N) is 3. The molecule has 1 fully saturated rings. The van der Waals surface area contributed by atoms with E-state index in [0.29, 0.717) is 17.1 Å². The molecule has 0 radical (unpaired) electrons. The Balaban J connectivity index is 1.97. The van der Waals surface area contributed by atoms with Gasteiger partial charge in [-0.2, -0.15) is 0 Å². The van der Waals surface area contributed by atoms with Gasteiger partial charge in [0.2, 0.25) is 5.52 Å². The largest absolute Gasteiger partial charge is 0.355 e. The van der Waals surface area contributed by atoms with Gasteiger partial charge in [0, 0.05) is 6.42 Å². The lowest BCUT2D eigenvalue weighted by atomic mass is 10.0. The summed E-state index contributed by atoms with van der Waals surface area (Å²) in [5.41, 5.74) is 6.79. The van der Waals surface area contributed by atoms with Crippen LogP contribution in [0, 0.1) is 5.92 Å². The Kier molecular flexibility index (Phi) is 5.62. The molecular weight excluding hydrogens is 332 g/mol. The molecular formula is C18H32N6O2+2. The van der Waals surface area contributed by atoms with Gasteiger partial charge in [-0.15, -0.1) is 0 Å². The predicted octanol–water partition coefficient (Wildman–Crippen LogP) is -0.147. The molecule has 1 unspecified atom stereocenters. The molecule has 1 aliphatic heterocycles. The number of H-pyrrole nitrogens is 1. The molecule has 0 amide bonds. The summed E-state index contributed by atoms with van der Waals surface area (Å²) in [6.07, 6.45) is 5.15. The molecule has 8 nitrogen and oxygen atoms in total. The Morgan fingerprint density at radius 2 is 2.23 bits per heavy atom. The lowest BCUT2D eigenvalue weighted by molar-refractivity contribution is -0.880. The molecule has 0 aromatic carbocycles. The van der Waals surface area contributed by atoms with Gasteiger partial charge >= 0.3 is 5.65 Å². The maximum atomic E-state index is 12.5. The Morgan fingerprint density at radius 3 is 2.88 bits per heavy atom. The van der Waals surface area contributed by atoms with Crippen molar-refractivity contribution in [2.45, 2.75) is 58.9 Å². The second-order valence-electron chi connectivity index (χ2n) is 7.55. The number of nitrogen functional groups attached to an aromatic ring is 1. The molecule has 144 valence electrons. The molecule has 0 bridgehead atoms. The van der Waals surface area contributed by atoms with Gasteiger partial charge in [-0.05, 0) is 18.8 Å². The number of hydrogen-bond donors (Lipinski definition) is 3. The number of nitrogens with two attached hydrogens (primary N) is 1. The minimum absolute atomic E-state index is 0.104. The molecule has 8 heteroatoms. The average molecular weight is 364 g/mol. The van der Waals surface area contributed by atoms with Crippen LogP contribution in [0.2, 0.25) is 0 Å². The summed E-state index contributed by atoms with van der Waals surface area (Å²) in [7, 11) is 2.18. The van der Waals surface area contributed by atoms with Crippen LogP contribution in [0.15, 0.2) is 11.1 Å². The van der Waals surface area contributed by atoms with Crippen molar-refractivity contribution in [2.24, 2.45) is 5.92 Å². The summed E-state index contributed by atoms with van der Waals surface area (Å²) < 4.78 is 10.2. The van der Waals surface area contributed by atoms with E-state index in [2.05, 4.69) is 37.8 Å². The van der Waals surface area contributed by atoms with Crippen molar-refractivity contribution in [1.29, 1.82) is 0 Å². The second kappa shape index (κ2) is 7.75. The highest BCUT2D eigenvalue weighted by Crippen LogP contribution is 2.32. The van der Waals surface area contributed by atoms with Gasteiger partial charge in [0.1, 0.15) is 13.1 Å². The van der Waals surface area contributed by atoms with Crippen molar-refractivity contribution >= 4 is 17.1 Å². The van der Waals surface area contributed by atoms with E-state index in [0.717, 1.165) is 38.9 Å². The van der Waals surface area contributed by atoms with Gasteiger partial charge in [0.25, 0.3) is 11.5 Å². The molecule has 0 aliphatic carbocycles. The summed E-state index contributed by atoms with van der Waals surface area (Å²) in [5.74, 6) is 0.621. The van der Waals surface area contributed by atoms with Crippen molar-refractivity contribution < 1.29 is 14.2 Å². The number of hydrogen-bond acceptors (Lipinski definition) is 4. The fraction of sp³-hybridized carbons (Fsp3) is 0.722. The van der Waals surface area contributed by atoms with Crippen molar-refractivity contribution in [1.82, 2.24) is 14.5 Å². The van der Waals surface area contributed by atoms with Crippen molar-refractivity contribution in [3.8, 4) is 0 Å². The first-order valence-corrected chi connectivity index (χ1v) is 9.71. The highest BCUT2D eigenvalue weighted by molar-refractivity contribution is 5.67. The van der Waals surface area contributed by atoms with Gasteiger partial charge in [-0.3, -0.25) is 9.78 Å². The molecule has 4 N–H and O–H groups in total. The smallest absolute Gasteiger partial charge is 0.313 e. The maximum absolute atomic E-state index is 12.5. The first-order valence-electron chi connectivity index (χ1n) is 9.71. The number of ether oxygens (including phenoxy) is 1. The van der Waals surface area contributed by atoms with Crippen LogP contribution >= 0.6 is 0 Å². The number of rotatable bonds is 7. The minimum atomic E-state index is -0.197. The van der Waals surface area contributed by atoms with Crippen LogP contribution in [-0.4, -0.2) is 40.8 Å². The number of fused-ring (bicyclic) bond motifs is 1. The molecule has 3 heterocycles. The lowest BCUT2D eigenvalue weighted by Gasteiger charge is -2.12. The SMILES string of the molecule is CCC[NH+](C)CCn1c[n+]([C@H]2C[C@@H](C)[C@@H](CC)O2)c2nc(N)[nH]c(=O)c21. The normalized spacial score (nSPS) is 24.4. The fourth-order valence-electron chi connectivity index (χ4n) is 3.96. The van der Waals surface area contributed by atoms with Gasteiger partial charge in [0.15, 0.2) is 12.6 Å². The van der Waals surface area contributed by atoms with Crippen LogP contribution in [0.25, 0.3) is 11.2 Å². The van der Waals surface area contributed by atoms with Crippen LogP contribution in [0.4, 0.5) is 5.95 Å². The van der Waals surface area contributed by atoms with E-state index >= 15 is 0 Å². The maximum Gasteiger partial charge on any atom is 0.313 e. The number of aromatic nitrogens is 4. The van der Waals surface area contributed by atoms with Crippen molar-refractivity contribution in [2.75, 3.05) is 25.9 Å². The van der Waals surface area contributed by atoms with E-state index < -0.39 is 0 Å². The van der Waals surface area contributed by atoms with Gasteiger partial charge in [-0.1, -0.05) is 25.8 Å². The quantitative estimate of drug-likeness (QED) is 0.596. The van der Waals surface area contributed by atoms with Crippen molar-refractivity contribution in [3.63, 3.8) is 0 Å². The number of nitrogens with one attached hydrogen (secondary N) is 2. The topological polar surface area (TPSA) is 94.2 Å². The van der Waals surface area contributed by atoms with E-state index in [1.54, 1.807) is 0 Å². The standard InChI is InChI=1S/C18H30N6O2/c1-5-7-22(4)8-9-23-11-24(14-10-12(3)13(6-2)26-14)16-15(23)17(25)21-18(19)20-16/h11-14H,5-10H2,1-4H3,(H2-,19,20,21,25)/p+2/t12-,13-,14-/m1/s1. The van der Waals surface area contributed by atoms with Crippen molar-refractivity contribution in [3.05, 3.63) is 16.7 Å². The van der Waals surface area contributed by atoms with E-state index in [9.17, 15) is 4.79 Å². The summed E-state index contributed by atoms with van der Waals surface area (Å²) >= 11 is 0. The molecule has 2 aromatic rings. The zero-order valence-corrected chi connectivity index (χ0v) is 16.3. The Labute approximate surface area is 154 Å². The summed E-state index contributed by atoms with van der Waals surface area (Å²) in [6.45, 7) is 9.35. The van der Waals surface area contributed by atoms with Crippen LogP contribution in [0.1, 0.15) is 46.3 Å². The van der Waals surface area contributed by atoms with Gasteiger partial charge in [0.05, 0.1) is 19.7 Å². The van der Waals surface area contributed by atoms with E-state index in [-0.39, 0.29) is 23.8 Å². The zero-order chi connectivity index (χ0) is 18.8. The summed E-state index contributed by atoms with van der Waals surface area (Å²) in [6, 6.07) is 0. The zero-order valence-electron chi connectivity index (χ0n) is 16.3. The third kappa shape index (κ3) is 3.61. The fourth-order valence-corrected chi connectivity index (χ4v) is 3.96. The van der Waals surface area contributed by atoms with Crippen LogP contribution < -0.4 is 20.8 Å². The monoisotopic (exact) mass is 364 g/mol. The Morgan fingerprint density at radius 1 is 1.46 bits per heavy atom. The highest BCUT2D eigenvalue weighted by atomic mass is 16.5. The molecule has 0 saturated carbocycles. The number of anilines is 1. The molecule has 0 spiro atoms. The molecule has 4 atom stereocenters. The molecule has 3 rings (SSSR count). The third-order valence-electron chi connectivity index (χ3n) is 5.40. The van der Waals surface area contributed by atoms with Crippen LogP contribution in [0.5, 0.6) is 0 Å². The third-order valence-corrected chi connectivity index (χ3v) is 5.40. The Bertz CT molecular complexity index is 814. The average Bonchev–Trinajstić information content (AvgIpc) is 3.13. The lowest BCUT2D eigenvalue weighted by Crippen LogP contribution is -3.09. The highest BCUT2D eigenvalue weighted by Gasteiger charge is 2.37. The number of imidazole rings is 1. The van der Waals surface area contributed by atoms with E-state index in [1.807, 2.05) is 15.5 Å². The summed E-state index contributed by atoms with van der Waals surface area (Å²) in [5, 5.41) is 0. The number of aromatic amines is 1. The van der Waals surface area contributed by atoms with E-state index in [1.165, 1.54) is 4.90 Å². The van der Waals surface area contributed by atoms with Gasteiger partial charge in [-0.25, -0.2) is 9.13 Å². The molecule has 2 aromatic heterocycles. The molecule has 1 saturated heterocycles. The molecule has 1 aliphatic rings. The minimum Gasteiger partial charge on any atom is -0.355 e. The second-order valence-corrected chi connectivity index (χ2v) is 7.55. The van der Waals surface area contributed by atoms with E-state index in [4.69, 9.17) is 10.5 Å². The number of quaternary nitrogens is 1. The van der Waals surface area contributed by atoms with Crippen LogP contribution in [-0.2, 0) is 11.3 Å². The predicted molar refractivity (Wildman–Crippen MR) is 99.9 cm³/mol. The molecule has 26 heavy (non-hydrogen) atoms. The first-order chi connectivity index (χ1) is 12.4. The Hall–Kier alpha value is -1.93. The first kappa shape index (κ1) is 18.8. The van der Waals surface area contributed by atoms with Gasteiger partial charge < -0.3 is 15.4 Å².